The van der Waals surface area contributed by atoms with E-state index < -0.39 is 0 Å². The standard InChI is InChI=1S/C12H12ClN5S/c1-8(11-7-14-18-12(15-11)19-2)16-17-10-5-3-4-9(13)6-10/h3-7,17H,1-2H3. The molecule has 0 saturated carbocycles. The zero-order chi connectivity index (χ0) is 13.7. The highest BCUT2D eigenvalue weighted by Gasteiger charge is 2.03. The number of thioether (sulfide) groups is 1. The molecule has 0 spiro atoms. The van der Waals surface area contributed by atoms with Crippen LogP contribution in [-0.4, -0.2) is 27.1 Å². The lowest BCUT2D eigenvalue weighted by molar-refractivity contribution is 0.833. The Morgan fingerprint density at radius 3 is 3.00 bits per heavy atom. The summed E-state index contributed by atoms with van der Waals surface area (Å²) in [6, 6.07) is 7.34. The van der Waals surface area contributed by atoms with Crippen LogP contribution in [0.2, 0.25) is 5.02 Å². The van der Waals surface area contributed by atoms with E-state index in [9.17, 15) is 0 Å². The van der Waals surface area contributed by atoms with Crippen LogP contribution >= 0.6 is 23.4 Å². The maximum absolute atomic E-state index is 5.89. The van der Waals surface area contributed by atoms with Crippen LogP contribution in [0.3, 0.4) is 0 Å². The Morgan fingerprint density at radius 1 is 1.42 bits per heavy atom. The summed E-state index contributed by atoms with van der Waals surface area (Å²) >= 11 is 7.33. The monoisotopic (exact) mass is 293 g/mol. The minimum atomic E-state index is 0.620. The molecule has 0 atom stereocenters. The first-order chi connectivity index (χ1) is 9.19. The molecule has 5 nitrogen and oxygen atoms in total. The van der Waals surface area contributed by atoms with Gasteiger partial charge in [-0.2, -0.15) is 10.2 Å². The molecule has 0 aliphatic carbocycles. The van der Waals surface area contributed by atoms with Crippen molar-refractivity contribution in [2.45, 2.75) is 12.1 Å². The summed E-state index contributed by atoms with van der Waals surface area (Å²) in [5.41, 5.74) is 5.16. The van der Waals surface area contributed by atoms with Crippen molar-refractivity contribution in [1.82, 2.24) is 15.2 Å². The fourth-order valence-electron chi connectivity index (χ4n) is 1.31. The lowest BCUT2D eigenvalue weighted by atomic mass is 10.3. The van der Waals surface area contributed by atoms with E-state index in [2.05, 4.69) is 25.7 Å². The Morgan fingerprint density at radius 2 is 2.26 bits per heavy atom. The third kappa shape index (κ3) is 3.90. The Labute approximate surface area is 120 Å². The average Bonchev–Trinajstić information content (AvgIpc) is 2.45. The second-order valence-electron chi connectivity index (χ2n) is 3.65. The number of hydrazone groups is 1. The van der Waals surface area contributed by atoms with Crippen LogP contribution in [0, 0.1) is 0 Å². The molecule has 1 aromatic carbocycles. The van der Waals surface area contributed by atoms with E-state index in [1.54, 1.807) is 12.3 Å². The number of nitrogens with one attached hydrogen (secondary N) is 1. The zero-order valence-electron chi connectivity index (χ0n) is 10.5. The molecule has 1 N–H and O–H groups in total. The lowest BCUT2D eigenvalue weighted by Gasteiger charge is -2.03. The first-order valence-corrected chi connectivity index (χ1v) is 7.09. The first-order valence-electron chi connectivity index (χ1n) is 5.49. The molecule has 1 heterocycles. The largest absolute Gasteiger partial charge is 0.278 e. The van der Waals surface area contributed by atoms with Crippen LogP contribution in [0.25, 0.3) is 0 Å². The fraction of sp³-hybridized carbons (Fsp3) is 0.167. The molecule has 1 aromatic heterocycles. The molecule has 2 rings (SSSR count). The third-order valence-electron chi connectivity index (χ3n) is 2.27. The zero-order valence-corrected chi connectivity index (χ0v) is 12.0. The summed E-state index contributed by atoms with van der Waals surface area (Å²) < 4.78 is 0. The van der Waals surface area contributed by atoms with E-state index in [1.165, 1.54) is 11.8 Å². The second kappa shape index (κ2) is 6.49. The van der Waals surface area contributed by atoms with Crippen molar-refractivity contribution in [2.75, 3.05) is 11.7 Å². The Hall–Kier alpha value is -1.66. The van der Waals surface area contributed by atoms with Crippen molar-refractivity contribution in [3.63, 3.8) is 0 Å². The summed E-state index contributed by atoms with van der Waals surface area (Å²) in [4.78, 5) is 4.31. The predicted octanol–water partition coefficient (Wildman–Crippen LogP) is 3.08. The van der Waals surface area contributed by atoms with Crippen LogP contribution in [0.5, 0.6) is 0 Å². The maximum Gasteiger partial charge on any atom is 0.209 e. The number of nitrogens with zero attached hydrogens (tertiary/aromatic N) is 4. The van der Waals surface area contributed by atoms with Gasteiger partial charge in [0, 0.05) is 5.02 Å². The lowest BCUT2D eigenvalue weighted by Crippen LogP contribution is -2.05. The highest BCUT2D eigenvalue weighted by atomic mass is 35.5. The molecule has 0 unspecified atom stereocenters. The quantitative estimate of drug-likeness (QED) is 0.533. The molecule has 0 bridgehead atoms. The molecule has 2 aromatic rings. The van der Waals surface area contributed by atoms with E-state index in [-0.39, 0.29) is 0 Å². The predicted molar refractivity (Wildman–Crippen MR) is 78.9 cm³/mol. The number of halogens is 1. The Bertz CT molecular complexity index is 602. The van der Waals surface area contributed by atoms with Gasteiger partial charge in [0.15, 0.2) is 0 Å². The number of hydrogen-bond donors (Lipinski definition) is 1. The maximum atomic E-state index is 5.89. The summed E-state index contributed by atoms with van der Waals surface area (Å²) in [5, 5.41) is 13.3. The number of anilines is 1. The minimum Gasteiger partial charge on any atom is -0.278 e. The highest BCUT2D eigenvalue weighted by Crippen LogP contribution is 2.15. The third-order valence-corrected chi connectivity index (χ3v) is 3.04. The number of aromatic nitrogens is 3. The van der Waals surface area contributed by atoms with Crippen molar-refractivity contribution >= 4 is 34.8 Å². The number of benzene rings is 1. The van der Waals surface area contributed by atoms with Crippen LogP contribution in [0.15, 0.2) is 40.7 Å². The van der Waals surface area contributed by atoms with Gasteiger partial charge < -0.3 is 0 Å². The van der Waals surface area contributed by atoms with Gasteiger partial charge in [-0.25, -0.2) is 4.98 Å². The SMILES string of the molecule is CSc1nncc(C(C)=NNc2cccc(Cl)c2)n1. The van der Waals surface area contributed by atoms with Gasteiger partial charge in [0.25, 0.3) is 0 Å². The van der Waals surface area contributed by atoms with Gasteiger partial charge in [-0.1, -0.05) is 29.4 Å². The molecule has 0 aliphatic heterocycles. The van der Waals surface area contributed by atoms with E-state index in [4.69, 9.17) is 11.6 Å². The van der Waals surface area contributed by atoms with E-state index in [1.807, 2.05) is 31.4 Å². The highest BCUT2D eigenvalue weighted by molar-refractivity contribution is 7.98. The molecule has 0 saturated heterocycles. The molecular weight excluding hydrogens is 282 g/mol. The van der Waals surface area contributed by atoms with Crippen LogP contribution in [-0.2, 0) is 0 Å². The van der Waals surface area contributed by atoms with Gasteiger partial charge in [-0.05, 0) is 31.4 Å². The van der Waals surface area contributed by atoms with Gasteiger partial charge in [0.05, 0.1) is 17.6 Å². The van der Waals surface area contributed by atoms with Gasteiger partial charge in [0.2, 0.25) is 5.16 Å². The van der Waals surface area contributed by atoms with Crippen LogP contribution < -0.4 is 5.43 Å². The summed E-state index contributed by atoms with van der Waals surface area (Å²) in [7, 11) is 0. The van der Waals surface area contributed by atoms with E-state index in [0.717, 1.165) is 11.4 Å². The van der Waals surface area contributed by atoms with Crippen molar-refractivity contribution in [3.05, 3.63) is 41.2 Å². The Balaban J connectivity index is 2.14. The topological polar surface area (TPSA) is 63.1 Å². The summed E-state index contributed by atoms with van der Waals surface area (Å²) in [6.45, 7) is 1.85. The minimum absolute atomic E-state index is 0.620. The smallest absolute Gasteiger partial charge is 0.209 e. The van der Waals surface area contributed by atoms with Crippen LogP contribution in [0.4, 0.5) is 5.69 Å². The summed E-state index contributed by atoms with van der Waals surface area (Å²) in [6.07, 6.45) is 3.48. The van der Waals surface area contributed by atoms with E-state index in [0.29, 0.717) is 15.9 Å². The molecule has 98 valence electrons. The molecule has 7 heteroatoms. The van der Waals surface area contributed by atoms with Gasteiger partial charge >= 0.3 is 0 Å². The molecule has 19 heavy (non-hydrogen) atoms. The van der Waals surface area contributed by atoms with Crippen molar-refractivity contribution in [2.24, 2.45) is 5.10 Å². The first kappa shape index (κ1) is 13.8. The summed E-state index contributed by atoms with van der Waals surface area (Å²) in [5.74, 6) is 0. The van der Waals surface area contributed by atoms with E-state index >= 15 is 0 Å². The van der Waals surface area contributed by atoms with Gasteiger partial charge in [-0.15, -0.1) is 5.10 Å². The molecule has 0 amide bonds. The fourth-order valence-corrected chi connectivity index (χ4v) is 1.82. The van der Waals surface area contributed by atoms with Gasteiger partial charge in [0.1, 0.15) is 5.69 Å². The van der Waals surface area contributed by atoms with Crippen molar-refractivity contribution in [3.8, 4) is 0 Å². The molecule has 0 radical (unpaired) electrons. The van der Waals surface area contributed by atoms with Gasteiger partial charge in [-0.3, -0.25) is 5.43 Å². The molecule has 0 aliphatic rings. The number of hydrogen-bond acceptors (Lipinski definition) is 6. The average molecular weight is 294 g/mol. The molecule has 0 fully saturated rings. The second-order valence-corrected chi connectivity index (χ2v) is 4.86. The van der Waals surface area contributed by atoms with Crippen molar-refractivity contribution in [1.29, 1.82) is 0 Å². The van der Waals surface area contributed by atoms with Crippen LogP contribution in [0.1, 0.15) is 12.6 Å². The normalized spacial score (nSPS) is 11.4. The molecular formula is C12H12ClN5S. The number of rotatable bonds is 4. The Kier molecular flexibility index (Phi) is 4.70. The van der Waals surface area contributed by atoms with Crippen molar-refractivity contribution < 1.29 is 0 Å².